The minimum absolute atomic E-state index is 0.424. The van der Waals surface area contributed by atoms with Crippen molar-refractivity contribution in [1.29, 1.82) is 0 Å². The summed E-state index contributed by atoms with van der Waals surface area (Å²) in [4.78, 5) is 4.38. The molecule has 3 rings (SSSR count). The highest BCUT2D eigenvalue weighted by atomic mass is 32.2. The van der Waals surface area contributed by atoms with Crippen LogP contribution in [-0.4, -0.2) is 4.98 Å². The highest BCUT2D eigenvalue weighted by Gasteiger charge is 2.07. The summed E-state index contributed by atoms with van der Waals surface area (Å²) in [5, 5.41) is 0.655. The second kappa shape index (κ2) is 4.88. The van der Waals surface area contributed by atoms with Crippen molar-refractivity contribution in [2.75, 3.05) is 0 Å². The summed E-state index contributed by atoms with van der Waals surface area (Å²) >= 11 is 1.51. The zero-order valence-corrected chi connectivity index (χ0v) is 10.4. The molecule has 0 atom stereocenters. The molecule has 0 bridgehead atoms. The quantitative estimate of drug-likeness (QED) is 0.730. The molecule has 1 aromatic carbocycles. The maximum atomic E-state index is 5.61. The highest BCUT2D eigenvalue weighted by molar-refractivity contribution is 7.98. The SMILES string of the molecule is NCc1ccc(CSc2nc3ccccc3o2)o1. The van der Waals surface area contributed by atoms with Crippen LogP contribution in [0.3, 0.4) is 0 Å². The van der Waals surface area contributed by atoms with Gasteiger partial charge in [0.15, 0.2) is 5.58 Å². The summed E-state index contributed by atoms with van der Waals surface area (Å²) in [6.45, 7) is 0.424. The van der Waals surface area contributed by atoms with E-state index in [2.05, 4.69) is 4.98 Å². The van der Waals surface area contributed by atoms with Gasteiger partial charge in [0.05, 0.1) is 12.3 Å². The zero-order valence-electron chi connectivity index (χ0n) is 9.63. The van der Waals surface area contributed by atoms with Crippen LogP contribution in [-0.2, 0) is 12.3 Å². The Hall–Kier alpha value is -1.72. The first-order valence-electron chi connectivity index (χ1n) is 5.61. The van der Waals surface area contributed by atoms with Crippen LogP contribution in [0.25, 0.3) is 11.1 Å². The van der Waals surface area contributed by atoms with E-state index < -0.39 is 0 Å². The number of thioether (sulfide) groups is 1. The molecule has 0 aliphatic rings. The Labute approximate surface area is 108 Å². The first-order chi connectivity index (χ1) is 8.85. The molecule has 0 fully saturated rings. The molecule has 0 unspecified atom stereocenters. The van der Waals surface area contributed by atoms with Crippen LogP contribution in [0.1, 0.15) is 11.5 Å². The second-order valence-electron chi connectivity index (χ2n) is 3.81. The molecule has 0 amide bonds. The standard InChI is InChI=1S/C13H12N2O2S/c14-7-9-5-6-10(16-9)8-18-13-15-11-3-1-2-4-12(11)17-13/h1-6H,7-8,14H2. The molecule has 0 saturated carbocycles. The third-order valence-corrected chi connectivity index (χ3v) is 3.38. The van der Waals surface area contributed by atoms with Crippen LogP contribution < -0.4 is 5.73 Å². The normalized spacial score (nSPS) is 11.2. The van der Waals surface area contributed by atoms with Crippen molar-refractivity contribution >= 4 is 22.9 Å². The van der Waals surface area contributed by atoms with Gasteiger partial charge in [0.2, 0.25) is 0 Å². The maximum Gasteiger partial charge on any atom is 0.257 e. The Morgan fingerprint density at radius 3 is 2.67 bits per heavy atom. The summed E-state index contributed by atoms with van der Waals surface area (Å²) in [6.07, 6.45) is 0. The van der Waals surface area contributed by atoms with Crippen LogP contribution in [0.15, 0.2) is 50.5 Å². The fourth-order valence-electron chi connectivity index (χ4n) is 1.66. The summed E-state index contributed by atoms with van der Waals surface area (Å²) in [5.41, 5.74) is 7.17. The molecule has 0 spiro atoms. The number of nitrogens with two attached hydrogens (primary N) is 1. The van der Waals surface area contributed by atoms with Gasteiger partial charge in [0.1, 0.15) is 17.0 Å². The molecule has 0 radical (unpaired) electrons. The Kier molecular flexibility index (Phi) is 3.08. The lowest BCUT2D eigenvalue weighted by Gasteiger charge is -1.93. The van der Waals surface area contributed by atoms with E-state index in [1.165, 1.54) is 11.8 Å². The average molecular weight is 260 g/mol. The average Bonchev–Trinajstić information content (AvgIpc) is 3.02. The van der Waals surface area contributed by atoms with Crippen molar-refractivity contribution < 1.29 is 8.83 Å². The van der Waals surface area contributed by atoms with Crippen molar-refractivity contribution in [3.8, 4) is 0 Å². The Morgan fingerprint density at radius 1 is 1.06 bits per heavy atom. The molecule has 3 aromatic rings. The molecule has 0 saturated heterocycles. The number of hydrogen-bond donors (Lipinski definition) is 1. The third-order valence-electron chi connectivity index (χ3n) is 2.53. The van der Waals surface area contributed by atoms with Gasteiger partial charge in [0.25, 0.3) is 5.22 Å². The summed E-state index contributed by atoms with van der Waals surface area (Å²) in [7, 11) is 0. The topological polar surface area (TPSA) is 65.2 Å². The van der Waals surface area contributed by atoms with E-state index in [9.17, 15) is 0 Å². The molecule has 2 aromatic heterocycles. The Balaban J connectivity index is 1.72. The molecule has 92 valence electrons. The lowest BCUT2D eigenvalue weighted by molar-refractivity contribution is 0.476. The fraction of sp³-hybridized carbons (Fsp3) is 0.154. The van der Waals surface area contributed by atoms with Crippen LogP contribution in [0.2, 0.25) is 0 Å². The molecule has 2 N–H and O–H groups in total. The third kappa shape index (κ3) is 2.27. The number of nitrogens with zero attached hydrogens (tertiary/aromatic N) is 1. The number of hydrogen-bond acceptors (Lipinski definition) is 5. The molecular weight excluding hydrogens is 248 g/mol. The predicted octanol–water partition coefficient (Wildman–Crippen LogP) is 3.17. The van der Waals surface area contributed by atoms with Gasteiger partial charge < -0.3 is 14.6 Å². The van der Waals surface area contributed by atoms with Crippen molar-refractivity contribution in [3.05, 3.63) is 47.9 Å². The van der Waals surface area contributed by atoms with Crippen LogP contribution in [0, 0.1) is 0 Å². The predicted molar refractivity (Wildman–Crippen MR) is 70.2 cm³/mol. The maximum absolute atomic E-state index is 5.61. The highest BCUT2D eigenvalue weighted by Crippen LogP contribution is 2.26. The molecule has 4 nitrogen and oxygen atoms in total. The molecule has 2 heterocycles. The lowest BCUT2D eigenvalue weighted by atomic mass is 10.3. The Bertz CT molecular complexity index is 627. The largest absolute Gasteiger partial charge is 0.464 e. The molecule has 18 heavy (non-hydrogen) atoms. The van der Waals surface area contributed by atoms with Gasteiger partial charge in [0, 0.05) is 0 Å². The van der Waals surface area contributed by atoms with Crippen molar-refractivity contribution in [2.24, 2.45) is 5.73 Å². The number of rotatable bonds is 4. The Morgan fingerprint density at radius 2 is 1.89 bits per heavy atom. The van der Waals surface area contributed by atoms with E-state index in [0.29, 0.717) is 17.5 Å². The van der Waals surface area contributed by atoms with Gasteiger partial charge in [-0.2, -0.15) is 0 Å². The smallest absolute Gasteiger partial charge is 0.257 e. The van der Waals surface area contributed by atoms with E-state index in [1.54, 1.807) is 0 Å². The monoisotopic (exact) mass is 260 g/mol. The van der Waals surface area contributed by atoms with Gasteiger partial charge in [-0.3, -0.25) is 0 Å². The van der Waals surface area contributed by atoms with Gasteiger partial charge in [-0.15, -0.1) is 0 Å². The van der Waals surface area contributed by atoms with Crippen LogP contribution >= 0.6 is 11.8 Å². The van der Waals surface area contributed by atoms with Crippen LogP contribution in [0.5, 0.6) is 0 Å². The van der Waals surface area contributed by atoms with Crippen molar-refractivity contribution in [2.45, 2.75) is 17.5 Å². The number of oxazole rings is 1. The number of benzene rings is 1. The molecule has 0 aliphatic carbocycles. The molecule has 5 heteroatoms. The molecular formula is C13H12N2O2S. The van der Waals surface area contributed by atoms with Gasteiger partial charge in [-0.25, -0.2) is 4.98 Å². The van der Waals surface area contributed by atoms with E-state index in [0.717, 1.165) is 22.6 Å². The van der Waals surface area contributed by atoms with E-state index in [1.807, 2.05) is 36.4 Å². The first kappa shape index (κ1) is 11.4. The number of aromatic nitrogens is 1. The molecule has 0 aliphatic heterocycles. The number of furan rings is 1. The zero-order chi connectivity index (χ0) is 12.4. The first-order valence-corrected chi connectivity index (χ1v) is 6.60. The van der Waals surface area contributed by atoms with Gasteiger partial charge in [-0.1, -0.05) is 23.9 Å². The van der Waals surface area contributed by atoms with E-state index in [4.69, 9.17) is 14.6 Å². The lowest BCUT2D eigenvalue weighted by Crippen LogP contribution is -1.92. The number of fused-ring (bicyclic) bond motifs is 1. The number of para-hydroxylation sites is 2. The minimum atomic E-state index is 0.424. The summed E-state index contributed by atoms with van der Waals surface area (Å²) in [6, 6.07) is 11.5. The van der Waals surface area contributed by atoms with Crippen molar-refractivity contribution in [3.63, 3.8) is 0 Å². The van der Waals surface area contributed by atoms with E-state index >= 15 is 0 Å². The second-order valence-corrected chi connectivity index (χ2v) is 4.73. The minimum Gasteiger partial charge on any atom is -0.464 e. The van der Waals surface area contributed by atoms with Gasteiger partial charge in [-0.05, 0) is 24.3 Å². The van der Waals surface area contributed by atoms with E-state index in [-0.39, 0.29) is 0 Å². The summed E-state index contributed by atoms with van der Waals surface area (Å²) in [5.74, 6) is 2.36. The fourth-order valence-corrected chi connectivity index (χ4v) is 2.39. The van der Waals surface area contributed by atoms with Gasteiger partial charge >= 0.3 is 0 Å². The summed E-state index contributed by atoms with van der Waals surface area (Å²) < 4.78 is 11.1. The van der Waals surface area contributed by atoms with Crippen LogP contribution in [0.4, 0.5) is 0 Å². The van der Waals surface area contributed by atoms with Crippen molar-refractivity contribution in [1.82, 2.24) is 4.98 Å².